The lowest BCUT2D eigenvalue weighted by molar-refractivity contribution is 1.02. The van der Waals surface area contributed by atoms with Crippen LogP contribution in [0.2, 0.25) is 0 Å². The van der Waals surface area contributed by atoms with Crippen LogP contribution in [-0.4, -0.2) is 0 Å². The van der Waals surface area contributed by atoms with Gasteiger partial charge in [0.25, 0.3) is 0 Å². The minimum Gasteiger partial charge on any atom is -0.0945 e. The number of thioether (sulfide) groups is 1. The molecule has 0 atom stereocenters. The Balaban J connectivity index is 1.64. The summed E-state index contributed by atoms with van der Waals surface area (Å²) in [6, 6.07) is 30.8. The molecule has 1 aliphatic carbocycles. The molecule has 0 bridgehead atoms. The third-order valence-corrected chi connectivity index (χ3v) is 7.58. The molecule has 2 heteroatoms. The number of benzene rings is 3. The van der Waals surface area contributed by atoms with Crippen LogP contribution in [-0.2, 0) is 10.9 Å². The van der Waals surface area contributed by atoms with Crippen molar-refractivity contribution in [1.29, 1.82) is 0 Å². The fourth-order valence-corrected chi connectivity index (χ4v) is 6.01. The molecule has 3 aromatic carbocycles. The molecule has 26 heavy (non-hydrogen) atoms. The van der Waals surface area contributed by atoms with Crippen molar-refractivity contribution >= 4 is 22.7 Å². The van der Waals surface area contributed by atoms with Crippen LogP contribution in [0.3, 0.4) is 0 Å². The van der Waals surface area contributed by atoms with E-state index in [9.17, 15) is 0 Å². The van der Waals surface area contributed by atoms with Crippen LogP contribution in [0, 0.1) is 0 Å². The van der Waals surface area contributed by atoms with E-state index in [2.05, 4.69) is 103 Å². The summed E-state index contributed by atoms with van der Waals surface area (Å²) in [4.78, 5) is 6.85. The topological polar surface area (TPSA) is 0 Å². The first-order chi connectivity index (χ1) is 12.9. The second-order valence-electron chi connectivity index (χ2n) is 6.11. The fraction of sp³-hybridized carbons (Fsp3) is 0.0833. The zero-order valence-corrected chi connectivity index (χ0v) is 16.2. The Labute approximate surface area is 163 Å². The Kier molecular flexibility index (Phi) is 5.63. The molecule has 0 spiro atoms. The second kappa shape index (κ2) is 8.48. The summed E-state index contributed by atoms with van der Waals surface area (Å²) >= 11 is 1.89. The first-order valence-electron chi connectivity index (χ1n) is 8.88. The molecule has 0 fully saturated rings. The van der Waals surface area contributed by atoms with Gasteiger partial charge in [-0.15, -0.1) is 0 Å². The highest BCUT2D eigenvalue weighted by Gasteiger charge is 2.28. The van der Waals surface area contributed by atoms with Crippen LogP contribution >= 0.6 is 11.8 Å². The van der Waals surface area contributed by atoms with Crippen molar-refractivity contribution in [2.24, 2.45) is 0 Å². The van der Waals surface area contributed by atoms with Crippen molar-refractivity contribution < 1.29 is 0 Å². The van der Waals surface area contributed by atoms with E-state index < -0.39 is 0 Å². The summed E-state index contributed by atoms with van der Waals surface area (Å²) in [5.74, 6) is 0. The smallest absolute Gasteiger partial charge is 0.0945 e. The summed E-state index contributed by atoms with van der Waals surface area (Å²) in [5, 5.41) is 0. The molecular formula is C24H21S2+. The van der Waals surface area contributed by atoms with E-state index in [0.717, 1.165) is 12.8 Å². The molecule has 1 aliphatic rings. The Bertz CT molecular complexity index is 854. The summed E-state index contributed by atoms with van der Waals surface area (Å²) in [6.07, 6.45) is 8.95. The van der Waals surface area contributed by atoms with E-state index in [4.69, 9.17) is 0 Å². The zero-order valence-electron chi connectivity index (χ0n) is 14.5. The molecule has 0 saturated carbocycles. The maximum absolute atomic E-state index is 2.30. The quantitative estimate of drug-likeness (QED) is 0.429. The van der Waals surface area contributed by atoms with Gasteiger partial charge in [0.05, 0.1) is 10.9 Å². The van der Waals surface area contributed by atoms with E-state index in [1.165, 1.54) is 24.5 Å². The Hall–Kier alpha value is -2.16. The summed E-state index contributed by atoms with van der Waals surface area (Å²) in [5.41, 5.74) is 0. The van der Waals surface area contributed by atoms with Crippen LogP contribution in [0.5, 0.6) is 0 Å². The van der Waals surface area contributed by atoms with Gasteiger partial charge in [-0.1, -0.05) is 66.4 Å². The van der Waals surface area contributed by atoms with Gasteiger partial charge >= 0.3 is 0 Å². The molecule has 0 radical (unpaired) electrons. The number of allylic oxidation sites excluding steroid dienone is 4. The molecule has 4 rings (SSSR count). The molecule has 0 aromatic heterocycles. The summed E-state index contributed by atoms with van der Waals surface area (Å²) < 4.78 is 0. The number of hydrogen-bond donors (Lipinski definition) is 0. The van der Waals surface area contributed by atoms with Crippen molar-refractivity contribution in [2.75, 3.05) is 0 Å². The van der Waals surface area contributed by atoms with E-state index in [-0.39, 0.29) is 10.9 Å². The van der Waals surface area contributed by atoms with Gasteiger partial charge in [-0.3, -0.25) is 0 Å². The third kappa shape index (κ3) is 4.14. The Morgan fingerprint density at radius 1 is 0.654 bits per heavy atom. The molecule has 0 heterocycles. The van der Waals surface area contributed by atoms with E-state index >= 15 is 0 Å². The molecule has 128 valence electrons. The fourth-order valence-electron chi connectivity index (χ4n) is 2.98. The Morgan fingerprint density at radius 3 is 1.77 bits per heavy atom. The van der Waals surface area contributed by atoms with Crippen LogP contribution in [0.15, 0.2) is 128 Å². The second-order valence-corrected chi connectivity index (χ2v) is 9.33. The maximum Gasteiger partial charge on any atom is 0.166 e. The molecule has 0 unspecified atom stereocenters. The standard InChI is InChI=1S/C24H21S2/c1-4-10-20(11-5-1)25-21-16-18-24(19-17-21)26(22-12-6-2-7-13-22)23-14-8-3-9-15-23/h1-4,6-10,12-19H,5,11H2/q+1. The van der Waals surface area contributed by atoms with Crippen molar-refractivity contribution in [3.05, 3.63) is 108 Å². The number of hydrogen-bond acceptors (Lipinski definition) is 1. The molecule has 0 nitrogen and oxygen atoms in total. The van der Waals surface area contributed by atoms with Gasteiger partial charge in [0.1, 0.15) is 0 Å². The van der Waals surface area contributed by atoms with Crippen LogP contribution in [0.25, 0.3) is 0 Å². The Morgan fingerprint density at radius 2 is 1.23 bits per heavy atom. The van der Waals surface area contributed by atoms with Gasteiger partial charge in [0.15, 0.2) is 14.7 Å². The normalized spacial score (nSPS) is 13.7. The van der Waals surface area contributed by atoms with Crippen molar-refractivity contribution in [2.45, 2.75) is 32.4 Å². The highest BCUT2D eigenvalue weighted by atomic mass is 32.2. The van der Waals surface area contributed by atoms with Gasteiger partial charge < -0.3 is 0 Å². The highest BCUT2D eigenvalue weighted by Crippen LogP contribution is 2.35. The van der Waals surface area contributed by atoms with Gasteiger partial charge in [-0.25, -0.2) is 0 Å². The van der Waals surface area contributed by atoms with E-state index in [0.29, 0.717) is 0 Å². The molecule has 0 aliphatic heterocycles. The van der Waals surface area contributed by atoms with Crippen molar-refractivity contribution in [3.8, 4) is 0 Å². The lowest BCUT2D eigenvalue weighted by Crippen LogP contribution is -2.04. The van der Waals surface area contributed by atoms with Crippen LogP contribution in [0.4, 0.5) is 0 Å². The van der Waals surface area contributed by atoms with Gasteiger partial charge in [-0.2, -0.15) is 0 Å². The van der Waals surface area contributed by atoms with Crippen molar-refractivity contribution in [1.82, 2.24) is 0 Å². The first-order valence-corrected chi connectivity index (χ1v) is 10.9. The first kappa shape index (κ1) is 17.3. The lowest BCUT2D eigenvalue weighted by Gasteiger charge is -2.10. The minimum absolute atomic E-state index is 0.0646. The summed E-state index contributed by atoms with van der Waals surface area (Å²) in [7, 11) is -0.0646. The lowest BCUT2D eigenvalue weighted by atomic mass is 10.2. The average molecular weight is 374 g/mol. The molecular weight excluding hydrogens is 352 g/mol. The average Bonchev–Trinajstić information content (AvgIpc) is 2.72. The van der Waals surface area contributed by atoms with Gasteiger partial charge in [-0.05, 0) is 66.3 Å². The molecule has 0 N–H and O–H groups in total. The number of rotatable bonds is 5. The SMILES string of the molecule is C1=CCCC(Sc2ccc([S+](c3ccccc3)c3ccccc3)cc2)=C1. The largest absolute Gasteiger partial charge is 0.166 e. The molecule has 0 saturated heterocycles. The molecule has 0 amide bonds. The predicted molar refractivity (Wildman–Crippen MR) is 114 cm³/mol. The maximum atomic E-state index is 2.30. The van der Waals surface area contributed by atoms with Gasteiger partial charge in [0, 0.05) is 4.90 Å². The zero-order chi connectivity index (χ0) is 17.6. The van der Waals surface area contributed by atoms with Crippen molar-refractivity contribution in [3.63, 3.8) is 0 Å². The summed E-state index contributed by atoms with van der Waals surface area (Å²) in [6.45, 7) is 0. The molecule has 3 aromatic rings. The van der Waals surface area contributed by atoms with Gasteiger partial charge in [0.2, 0.25) is 0 Å². The van der Waals surface area contributed by atoms with Crippen LogP contribution in [0.1, 0.15) is 12.8 Å². The van der Waals surface area contributed by atoms with Crippen LogP contribution < -0.4 is 0 Å². The highest BCUT2D eigenvalue weighted by molar-refractivity contribution is 8.03. The monoisotopic (exact) mass is 373 g/mol. The third-order valence-electron chi connectivity index (χ3n) is 4.24. The van der Waals surface area contributed by atoms with E-state index in [1.807, 2.05) is 11.8 Å². The predicted octanol–water partition coefficient (Wildman–Crippen LogP) is 7.11. The minimum atomic E-state index is -0.0646. The van der Waals surface area contributed by atoms with E-state index in [1.54, 1.807) is 0 Å².